The first-order valence-electron chi connectivity index (χ1n) is 20.6. The van der Waals surface area contributed by atoms with Crippen LogP contribution in [0.3, 0.4) is 0 Å². The van der Waals surface area contributed by atoms with E-state index in [-0.39, 0.29) is 19.4 Å². The van der Waals surface area contributed by atoms with E-state index in [1.807, 2.05) is 0 Å². The highest BCUT2D eigenvalue weighted by atomic mass is 31.2. The number of aliphatic hydroxyl groups excluding tert-OH is 3. The fraction of sp³-hybridized carbons (Fsp3) is 0.949. The highest BCUT2D eigenvalue weighted by Gasteiger charge is 2.32. The Kier molecular flexibility index (Phi) is 35.2. The van der Waals surface area contributed by atoms with Crippen LogP contribution < -0.4 is 0 Å². The van der Waals surface area contributed by atoms with E-state index in [0.29, 0.717) is 12.8 Å². The Bertz CT molecular complexity index is 844. The van der Waals surface area contributed by atoms with Crippen molar-refractivity contribution in [3.05, 3.63) is 0 Å². The molecule has 0 amide bonds. The van der Waals surface area contributed by atoms with E-state index in [9.17, 15) is 29.3 Å². The molecule has 4 atom stereocenters. The zero-order chi connectivity index (χ0) is 37.8. The summed E-state index contributed by atoms with van der Waals surface area (Å²) in [6, 6.07) is 0. The maximum Gasteiger partial charge on any atom is 0.472 e. The lowest BCUT2D eigenvalue weighted by molar-refractivity contribution is -0.161. The number of phosphoric ester groups is 1. The number of hydrogen-bond acceptors (Lipinski definition) is 10. The Hall–Kier alpha value is -1.07. The van der Waals surface area contributed by atoms with Crippen LogP contribution in [-0.2, 0) is 32.7 Å². The molecule has 0 rings (SSSR count). The molecule has 1 unspecified atom stereocenters. The van der Waals surface area contributed by atoms with Gasteiger partial charge in [-0.2, -0.15) is 0 Å². The van der Waals surface area contributed by atoms with Gasteiger partial charge >= 0.3 is 19.8 Å². The van der Waals surface area contributed by atoms with Gasteiger partial charge in [-0.1, -0.05) is 168 Å². The summed E-state index contributed by atoms with van der Waals surface area (Å²) in [5, 5.41) is 28.1. The van der Waals surface area contributed by atoms with E-state index in [1.165, 1.54) is 116 Å². The van der Waals surface area contributed by atoms with Crippen LogP contribution in [0.4, 0.5) is 0 Å². The van der Waals surface area contributed by atoms with Crippen LogP contribution >= 0.6 is 7.82 Å². The largest absolute Gasteiger partial charge is 0.472 e. The standard InChI is InChI=1S/C39H77O11P/c1-3-5-7-9-11-13-15-16-17-18-20-21-23-25-27-29-38(43)47-33-35(34-48-51(45,46)50-37(32-41)36(42)31-40)49-39(44)30-28-26-24-22-19-14-12-10-8-6-4-2/h35-37,40-42H,3-34H2,1-2H3,(H,45,46)/t35-,36-,37-/m1/s1. The molecule has 0 spiro atoms. The maximum absolute atomic E-state index is 12.6. The fourth-order valence-corrected chi connectivity index (χ4v) is 6.88. The van der Waals surface area contributed by atoms with Crippen molar-refractivity contribution in [3.8, 4) is 0 Å². The summed E-state index contributed by atoms with van der Waals surface area (Å²) in [4.78, 5) is 35.1. The summed E-state index contributed by atoms with van der Waals surface area (Å²) in [5.74, 6) is -0.985. The normalized spacial score (nSPS) is 14.5. The van der Waals surface area contributed by atoms with Gasteiger partial charge in [-0.3, -0.25) is 18.6 Å². The minimum Gasteiger partial charge on any atom is -0.462 e. The summed E-state index contributed by atoms with van der Waals surface area (Å²) in [7, 11) is -4.83. The zero-order valence-corrected chi connectivity index (χ0v) is 33.3. The van der Waals surface area contributed by atoms with E-state index >= 15 is 0 Å². The van der Waals surface area contributed by atoms with Gasteiger partial charge in [0, 0.05) is 12.8 Å². The third-order valence-corrected chi connectivity index (χ3v) is 10.2. The molecule has 0 aromatic carbocycles. The molecule has 0 bridgehead atoms. The number of carbonyl (C=O) groups is 2. The van der Waals surface area contributed by atoms with Crippen LogP contribution in [0.25, 0.3) is 0 Å². The van der Waals surface area contributed by atoms with Gasteiger partial charge in [-0.05, 0) is 12.8 Å². The third-order valence-electron chi connectivity index (χ3n) is 9.19. The molecule has 0 radical (unpaired) electrons. The molecule has 12 heteroatoms. The Morgan fingerprint density at radius 3 is 1.29 bits per heavy atom. The Morgan fingerprint density at radius 1 is 0.549 bits per heavy atom. The number of carbonyl (C=O) groups excluding carboxylic acids is 2. The quantitative estimate of drug-likeness (QED) is 0.0268. The number of hydrogen-bond donors (Lipinski definition) is 4. The lowest BCUT2D eigenvalue weighted by Crippen LogP contribution is -2.35. The van der Waals surface area contributed by atoms with Crippen LogP contribution in [0.15, 0.2) is 0 Å². The predicted molar refractivity (Wildman–Crippen MR) is 202 cm³/mol. The number of rotatable bonds is 39. The van der Waals surface area contributed by atoms with Gasteiger partial charge in [0.2, 0.25) is 0 Å². The first-order chi connectivity index (χ1) is 24.7. The van der Waals surface area contributed by atoms with Gasteiger partial charge in [-0.15, -0.1) is 0 Å². The molecular weight excluding hydrogens is 675 g/mol. The number of esters is 2. The van der Waals surface area contributed by atoms with E-state index in [1.54, 1.807) is 0 Å². The molecule has 11 nitrogen and oxygen atoms in total. The molecule has 0 fully saturated rings. The predicted octanol–water partition coefficient (Wildman–Crippen LogP) is 9.25. The lowest BCUT2D eigenvalue weighted by atomic mass is 10.0. The highest BCUT2D eigenvalue weighted by Crippen LogP contribution is 2.45. The summed E-state index contributed by atoms with van der Waals surface area (Å²) in [6.45, 7) is 1.84. The lowest BCUT2D eigenvalue weighted by Gasteiger charge is -2.24. The van der Waals surface area contributed by atoms with Crippen molar-refractivity contribution in [3.63, 3.8) is 0 Å². The minimum absolute atomic E-state index is 0.156. The molecule has 0 heterocycles. The van der Waals surface area contributed by atoms with Gasteiger partial charge in [0.15, 0.2) is 6.10 Å². The second-order valence-electron chi connectivity index (χ2n) is 14.1. The third kappa shape index (κ3) is 33.3. The molecule has 0 saturated carbocycles. The van der Waals surface area contributed by atoms with E-state index in [2.05, 4.69) is 13.8 Å². The Balaban J connectivity index is 4.45. The van der Waals surface area contributed by atoms with Crippen molar-refractivity contribution in [2.45, 2.75) is 212 Å². The van der Waals surface area contributed by atoms with Crippen molar-refractivity contribution in [2.24, 2.45) is 0 Å². The molecule has 0 saturated heterocycles. The summed E-state index contributed by atoms with van der Waals surface area (Å²) < 4.78 is 33.0. The number of phosphoric acid groups is 1. The second kappa shape index (κ2) is 35.9. The van der Waals surface area contributed by atoms with Crippen LogP contribution in [0, 0.1) is 0 Å². The van der Waals surface area contributed by atoms with Gasteiger partial charge < -0.3 is 29.7 Å². The number of ether oxygens (including phenoxy) is 2. The highest BCUT2D eigenvalue weighted by molar-refractivity contribution is 7.47. The van der Waals surface area contributed by atoms with E-state index in [4.69, 9.17) is 23.6 Å². The van der Waals surface area contributed by atoms with Crippen molar-refractivity contribution in [2.75, 3.05) is 26.4 Å². The molecule has 0 aromatic rings. The first kappa shape index (κ1) is 49.9. The average molecular weight is 753 g/mol. The number of aliphatic hydroxyl groups is 3. The van der Waals surface area contributed by atoms with Gasteiger partial charge in [0.1, 0.15) is 18.8 Å². The molecule has 0 aliphatic carbocycles. The van der Waals surface area contributed by atoms with E-state index < -0.39 is 57.9 Å². The number of unbranched alkanes of at least 4 members (excludes halogenated alkanes) is 24. The summed E-state index contributed by atoms with van der Waals surface area (Å²) in [6.07, 6.45) is 26.9. The Morgan fingerprint density at radius 2 is 0.922 bits per heavy atom. The maximum atomic E-state index is 12.6. The molecule has 0 aliphatic heterocycles. The molecule has 0 aromatic heterocycles. The van der Waals surface area contributed by atoms with Crippen LogP contribution in [0.1, 0.15) is 194 Å². The summed E-state index contributed by atoms with van der Waals surface area (Å²) >= 11 is 0. The molecule has 4 N–H and O–H groups in total. The fourth-order valence-electron chi connectivity index (χ4n) is 5.91. The van der Waals surface area contributed by atoms with Gasteiger partial charge in [0.05, 0.1) is 19.8 Å². The molecule has 51 heavy (non-hydrogen) atoms. The van der Waals surface area contributed by atoms with Crippen molar-refractivity contribution >= 4 is 19.8 Å². The van der Waals surface area contributed by atoms with Crippen LogP contribution in [-0.4, -0.2) is 76.9 Å². The second-order valence-corrected chi connectivity index (χ2v) is 15.5. The van der Waals surface area contributed by atoms with Crippen molar-refractivity contribution < 1.29 is 52.9 Å². The molecule has 0 aliphatic rings. The van der Waals surface area contributed by atoms with Crippen LogP contribution in [0.5, 0.6) is 0 Å². The van der Waals surface area contributed by atoms with Crippen LogP contribution in [0.2, 0.25) is 0 Å². The molecule has 304 valence electrons. The van der Waals surface area contributed by atoms with Crippen molar-refractivity contribution in [1.29, 1.82) is 0 Å². The topological polar surface area (TPSA) is 169 Å². The molecular formula is C39H77O11P. The first-order valence-corrected chi connectivity index (χ1v) is 22.1. The SMILES string of the molecule is CCCCCCCCCCCCCCCCCC(=O)OC[C@H](COP(=O)(O)O[C@H](CO)[C@H](O)CO)OC(=O)CCCCCCCCCCCCC. The zero-order valence-electron chi connectivity index (χ0n) is 32.5. The summed E-state index contributed by atoms with van der Waals surface area (Å²) in [5.41, 5.74) is 0. The Labute approximate surface area is 310 Å². The van der Waals surface area contributed by atoms with Gasteiger partial charge in [0.25, 0.3) is 0 Å². The van der Waals surface area contributed by atoms with Gasteiger partial charge in [-0.25, -0.2) is 4.57 Å². The average Bonchev–Trinajstić information content (AvgIpc) is 3.12. The van der Waals surface area contributed by atoms with Crippen molar-refractivity contribution in [1.82, 2.24) is 0 Å². The smallest absolute Gasteiger partial charge is 0.462 e. The van der Waals surface area contributed by atoms with E-state index in [0.717, 1.165) is 38.5 Å². The monoisotopic (exact) mass is 753 g/mol. The minimum atomic E-state index is -4.83.